The number of nitrogens with zero attached hydrogens (tertiary/aromatic N) is 5. The third kappa shape index (κ3) is 32.7. The van der Waals surface area contributed by atoms with Crippen molar-refractivity contribution < 1.29 is 77.3 Å². The number of carboxylic acids is 1. The zero-order valence-corrected chi connectivity index (χ0v) is 60.1. The molecule has 0 bridgehead atoms. The molecule has 1 aromatic heterocycles. The molecule has 2 fully saturated rings. The quantitative estimate of drug-likeness (QED) is 0.0249. The van der Waals surface area contributed by atoms with Crippen LogP contribution in [0.2, 0.25) is 0 Å². The van der Waals surface area contributed by atoms with Gasteiger partial charge >= 0.3 is 5.97 Å². The number of aliphatic carboxylic acids is 1. The van der Waals surface area contributed by atoms with Crippen LogP contribution in [0.15, 0.2) is 63.8 Å². The van der Waals surface area contributed by atoms with Gasteiger partial charge in [-0.2, -0.15) is 0 Å². The lowest BCUT2D eigenvalue weighted by molar-refractivity contribution is -0.143. The van der Waals surface area contributed by atoms with Crippen molar-refractivity contribution in [1.29, 1.82) is 0 Å². The number of primary amides is 1. The van der Waals surface area contributed by atoms with Crippen LogP contribution in [0.25, 0.3) is 0 Å². The molecule has 3 heterocycles. The molecule has 10 atom stereocenters. The van der Waals surface area contributed by atoms with Crippen LogP contribution >= 0.6 is 11.8 Å². The number of nitrogens with two attached hydrogens (primary N) is 8. The standard InChI is InChI=1S/C65H102N24O16S/c1-35(2)26-43-57(100)83-41(13-7-23-76-64(70)71)56(99)87-45(28-37-10-5-21-74-30-37)59(102)85-42(14-8-24-77-65(72)73)62(105)89-25-9-15-48(89)61(104)84-40(11-3-4-20-66)55(98)88-46(29-52(94)95)60(103)82-39(12-6-22-75-63(68)69)54(97)79-31-49(91)78-32-50(92)81-47(53(67)96)33-106-34-51(93)80-44(58(101)86-43)27-36-16-18-38(90)19-17-36/h5,10,16-19,21,30,35,39-48,90H,3-4,6-9,11-15,20,22-29,31-34,66H2,1-2H3,(H2,67,96)(H,78,91)(H,79,97)(H,80,93)(H,81,92)(H,82,103)(H,83,100)(H,84,104)(H,85,102)(H,86,101)(H,87,99)(H,88,98)(H,94,95)(H4,68,69,75)(H4,70,71,76)(H4,72,73,77)/t39-,40-,41-,42-,43-,44-,45-,46-,47-,48-/m0/s1. The molecule has 0 spiro atoms. The van der Waals surface area contributed by atoms with E-state index in [0.717, 1.165) is 11.8 Å². The van der Waals surface area contributed by atoms with Gasteiger partial charge in [-0.25, -0.2) is 0 Å². The number of aromatic hydroxyl groups is 1. The topological polar surface area (TPSA) is 673 Å². The Hall–Kier alpha value is -11.1. The number of hydrogen-bond acceptors (Lipinski definition) is 21. The van der Waals surface area contributed by atoms with Gasteiger partial charge in [-0.1, -0.05) is 32.0 Å². The van der Waals surface area contributed by atoms with Crippen LogP contribution < -0.4 is 104 Å². The summed E-state index contributed by atoms with van der Waals surface area (Å²) in [5.41, 5.74) is 45.8. The molecule has 4 rings (SSSR count). The van der Waals surface area contributed by atoms with E-state index in [0.29, 0.717) is 17.5 Å². The van der Waals surface area contributed by atoms with E-state index in [1.807, 2.05) is 0 Å². The minimum atomic E-state index is -1.93. The Balaban J connectivity index is 1.85. The normalized spacial score (nSPS) is 23.0. The highest BCUT2D eigenvalue weighted by Crippen LogP contribution is 2.22. The second-order valence-electron chi connectivity index (χ2n) is 25.6. The number of phenolic OH excluding ortho intramolecular Hbond substituents is 1. The second kappa shape index (κ2) is 45.9. The van der Waals surface area contributed by atoms with Gasteiger partial charge in [0.05, 0.1) is 25.3 Å². The van der Waals surface area contributed by atoms with Gasteiger partial charge in [-0.15, -0.1) is 11.8 Å². The van der Waals surface area contributed by atoms with Gasteiger partial charge < -0.3 is 119 Å². The van der Waals surface area contributed by atoms with E-state index in [1.54, 1.807) is 26.0 Å². The summed E-state index contributed by atoms with van der Waals surface area (Å²) < 4.78 is 0. The van der Waals surface area contributed by atoms with Crippen molar-refractivity contribution in [1.82, 2.24) is 68.4 Å². The zero-order chi connectivity index (χ0) is 78.4. The van der Waals surface area contributed by atoms with Gasteiger partial charge in [-0.3, -0.25) is 87.1 Å². The number of carbonyl (C=O) groups is 14. The molecule has 13 amide bonds. The first kappa shape index (κ1) is 87.3. The number of pyridine rings is 1. The number of hydrogen-bond donors (Lipinski definition) is 21. The molecule has 0 radical (unpaired) electrons. The van der Waals surface area contributed by atoms with Crippen molar-refractivity contribution >= 4 is 112 Å². The number of aliphatic imine (C=N–C) groups is 3. The maximum atomic E-state index is 15.1. The fourth-order valence-corrected chi connectivity index (χ4v) is 11.9. The molecule has 2 aliphatic heterocycles. The van der Waals surface area contributed by atoms with Crippen molar-refractivity contribution in [2.45, 2.75) is 171 Å². The summed E-state index contributed by atoms with van der Waals surface area (Å²) in [6.45, 7) is 1.85. The number of nitrogens with one attached hydrogen (secondary N) is 11. The summed E-state index contributed by atoms with van der Waals surface area (Å²) in [5.74, 6) is -15.9. The predicted molar refractivity (Wildman–Crippen MR) is 389 cm³/mol. The first-order valence-corrected chi connectivity index (χ1v) is 35.7. The summed E-state index contributed by atoms with van der Waals surface area (Å²) >= 11 is 0.807. The third-order valence-electron chi connectivity index (χ3n) is 16.4. The number of guanidine groups is 3. The average Bonchev–Trinajstić information content (AvgIpc) is 1.61. The number of amides is 13. The maximum absolute atomic E-state index is 15.1. The van der Waals surface area contributed by atoms with Crippen molar-refractivity contribution in [2.75, 3.05) is 57.3 Å². The lowest BCUT2D eigenvalue weighted by Crippen LogP contribution is -2.61. The first-order valence-electron chi connectivity index (χ1n) is 34.5. The number of benzene rings is 1. The summed E-state index contributed by atoms with van der Waals surface area (Å²) in [4.78, 5) is 214. The van der Waals surface area contributed by atoms with E-state index in [-0.39, 0.29) is 151 Å². The summed E-state index contributed by atoms with van der Waals surface area (Å²) in [6, 6.07) is -6.26. The Bertz CT molecular complexity index is 3430. The number of carbonyl (C=O) groups excluding carboxylic acids is 13. The lowest BCUT2D eigenvalue weighted by atomic mass is 10.00. The highest BCUT2D eigenvalue weighted by Gasteiger charge is 2.41. The molecule has 0 saturated carbocycles. The molecule has 41 heteroatoms. The molecule has 2 saturated heterocycles. The molecule has 1 aromatic carbocycles. The maximum Gasteiger partial charge on any atom is 0.305 e. The van der Waals surface area contributed by atoms with E-state index in [2.05, 4.69) is 78.4 Å². The highest BCUT2D eigenvalue weighted by molar-refractivity contribution is 8.00. The zero-order valence-electron chi connectivity index (χ0n) is 59.3. The molecule has 2 aromatic rings. The molecule has 106 heavy (non-hydrogen) atoms. The van der Waals surface area contributed by atoms with E-state index >= 15 is 9.59 Å². The number of thioether (sulfide) groups is 1. The van der Waals surface area contributed by atoms with Crippen LogP contribution in [-0.4, -0.2) is 238 Å². The fraction of sp³-hybridized carbons (Fsp3) is 0.569. The Morgan fingerprint density at radius 3 is 1.58 bits per heavy atom. The molecule has 584 valence electrons. The van der Waals surface area contributed by atoms with Crippen LogP contribution in [0.3, 0.4) is 0 Å². The Kier molecular flexibility index (Phi) is 37.8. The minimum absolute atomic E-state index is 0.0119. The van der Waals surface area contributed by atoms with Gasteiger partial charge in [0.1, 0.15) is 66.2 Å². The molecular weight excluding hydrogens is 1400 g/mol. The molecule has 0 aliphatic carbocycles. The molecule has 2 aliphatic rings. The van der Waals surface area contributed by atoms with Crippen LogP contribution in [0.1, 0.15) is 108 Å². The van der Waals surface area contributed by atoms with E-state index in [9.17, 15) is 67.7 Å². The van der Waals surface area contributed by atoms with Crippen molar-refractivity contribution in [3.8, 4) is 5.75 Å². The predicted octanol–water partition coefficient (Wildman–Crippen LogP) is -7.80. The Labute approximate surface area is 616 Å². The Morgan fingerprint density at radius 1 is 0.547 bits per heavy atom. The number of carboxylic acid groups (broad SMARTS) is 1. The summed E-state index contributed by atoms with van der Waals surface area (Å²) in [5, 5.41) is 48.0. The van der Waals surface area contributed by atoms with E-state index < -0.39 is 168 Å². The van der Waals surface area contributed by atoms with Gasteiger partial charge in [0.25, 0.3) is 0 Å². The van der Waals surface area contributed by atoms with Gasteiger partial charge in [-0.05, 0) is 119 Å². The van der Waals surface area contributed by atoms with Gasteiger partial charge in [0, 0.05) is 57.2 Å². The molecular formula is C65H102N24O16S. The summed E-state index contributed by atoms with van der Waals surface area (Å²) in [6.07, 6.45) is 1.56. The van der Waals surface area contributed by atoms with Crippen LogP contribution in [0.5, 0.6) is 5.75 Å². The number of phenols is 1. The van der Waals surface area contributed by atoms with Gasteiger partial charge in [0.15, 0.2) is 17.9 Å². The number of fused-ring (bicyclic) bond motifs is 1. The summed E-state index contributed by atoms with van der Waals surface area (Å²) in [7, 11) is 0. The smallest absolute Gasteiger partial charge is 0.305 e. The lowest BCUT2D eigenvalue weighted by Gasteiger charge is -2.31. The van der Waals surface area contributed by atoms with Crippen molar-refractivity contribution in [3.05, 3.63) is 59.9 Å². The monoisotopic (exact) mass is 1510 g/mol. The highest BCUT2D eigenvalue weighted by atomic mass is 32.2. The molecule has 40 nitrogen and oxygen atoms in total. The molecule has 0 unspecified atom stereocenters. The SMILES string of the molecule is CC(C)C[C@@H]1NC(=O)[C@H](Cc2ccc(O)cc2)NC(=O)CSC[C@@H](C(N)=O)NC(=O)CNC(=O)CNC(=O)[C@H](CCCN=C(N)N)NC(=O)[C@H](CC(=O)O)NC(=O)[C@H](CCCCN)NC(=O)[C@@H]2CCCN2C(=O)[C@H](CCCN=C(N)N)NC(=O)[C@H](Cc2cccnc2)NC(=O)[C@H](CCCN=C(N)N)NC1=O. The number of rotatable bonds is 25. The Morgan fingerprint density at radius 2 is 1.03 bits per heavy atom. The second-order valence-corrected chi connectivity index (χ2v) is 26.6. The van der Waals surface area contributed by atoms with Gasteiger partial charge in [0.2, 0.25) is 76.8 Å². The first-order chi connectivity index (χ1) is 50.3. The largest absolute Gasteiger partial charge is 0.508 e. The van der Waals surface area contributed by atoms with Crippen LogP contribution in [-0.2, 0) is 80.0 Å². The van der Waals surface area contributed by atoms with E-state index in [4.69, 9.17) is 45.9 Å². The third-order valence-corrected chi connectivity index (χ3v) is 17.4. The van der Waals surface area contributed by atoms with E-state index in [1.165, 1.54) is 41.6 Å². The van der Waals surface area contributed by atoms with Crippen LogP contribution in [0, 0.1) is 5.92 Å². The number of unbranched alkanes of at least 4 members (excludes halogenated alkanes) is 1. The van der Waals surface area contributed by atoms with Crippen LogP contribution in [0.4, 0.5) is 0 Å². The molecule has 29 N–H and O–H groups in total. The number of aromatic nitrogens is 1. The average molecular weight is 1510 g/mol. The minimum Gasteiger partial charge on any atom is -0.508 e. The van der Waals surface area contributed by atoms with Crippen molar-refractivity contribution in [3.63, 3.8) is 0 Å². The fourth-order valence-electron chi connectivity index (χ4n) is 11.1. The van der Waals surface area contributed by atoms with Crippen molar-refractivity contribution in [2.24, 2.45) is 66.8 Å².